The summed E-state index contributed by atoms with van der Waals surface area (Å²) < 4.78 is 7.67. The van der Waals surface area contributed by atoms with Crippen LogP contribution in [0.1, 0.15) is 41.8 Å². The van der Waals surface area contributed by atoms with Crippen LogP contribution in [0.2, 0.25) is 0 Å². The van der Waals surface area contributed by atoms with E-state index in [4.69, 9.17) is 4.74 Å². The third-order valence-corrected chi connectivity index (χ3v) is 8.22. The highest BCUT2D eigenvalue weighted by molar-refractivity contribution is 8.18. The molecule has 9 nitrogen and oxygen atoms in total. The summed E-state index contributed by atoms with van der Waals surface area (Å²) in [5.41, 5.74) is 4.96. The smallest absolute Gasteiger partial charge is 0.294 e. The van der Waals surface area contributed by atoms with Crippen molar-refractivity contribution in [2.75, 3.05) is 31.1 Å². The quantitative estimate of drug-likeness (QED) is 0.178. The summed E-state index contributed by atoms with van der Waals surface area (Å²) in [5.74, 6) is 0.341. The Morgan fingerprint density at radius 1 is 1.02 bits per heavy atom. The number of imide groups is 1. The number of anilines is 1. The minimum atomic E-state index is -0.353. The molecule has 0 unspecified atom stereocenters. The Hall–Kier alpha value is -4.05. The maximum atomic E-state index is 13.1. The second-order valence-corrected chi connectivity index (χ2v) is 11.1. The van der Waals surface area contributed by atoms with Crippen LogP contribution in [0.4, 0.5) is 16.2 Å². The van der Waals surface area contributed by atoms with Crippen LogP contribution in [-0.4, -0.2) is 51.8 Å². The van der Waals surface area contributed by atoms with Gasteiger partial charge in [-0.15, -0.1) is 0 Å². The Bertz CT molecular complexity index is 1510. The van der Waals surface area contributed by atoms with Crippen LogP contribution in [-0.2, 0) is 4.79 Å². The highest BCUT2D eigenvalue weighted by Crippen LogP contribution is 2.36. The summed E-state index contributed by atoms with van der Waals surface area (Å²) in [7, 11) is 0. The Balaban J connectivity index is 1.35. The van der Waals surface area contributed by atoms with E-state index in [1.54, 1.807) is 12.1 Å². The molecule has 0 N–H and O–H groups in total. The first-order valence-electron chi connectivity index (χ1n) is 13.4. The minimum absolute atomic E-state index is 0.0856. The molecule has 1 aromatic heterocycles. The number of carbonyl (C=O) groups is 2. The molecule has 3 heterocycles. The van der Waals surface area contributed by atoms with E-state index in [1.165, 1.54) is 4.90 Å². The molecule has 0 bridgehead atoms. The number of aryl methyl sites for hydroxylation is 2. The fraction of sp³-hybridized carbons (Fsp3) is 0.333. The lowest BCUT2D eigenvalue weighted by atomic mass is 10.1. The number of benzene rings is 2. The summed E-state index contributed by atoms with van der Waals surface area (Å²) in [6.07, 6.45) is 4.93. The standard InChI is InChI=1S/C30H32N4O5S/c1-20-8-7-9-25(16-20)39-15-14-32-29(35)28(40-30(32)36)18-23-17-21(2)33(22(23)3)24-10-11-26(27(19-24)34(37)38)31-12-5-4-6-13-31/h7-11,16-19H,4-6,12-15H2,1-3H3/b28-18-. The molecule has 2 amide bonds. The van der Waals surface area contributed by atoms with Crippen LogP contribution in [0, 0.1) is 30.9 Å². The molecular weight excluding hydrogens is 528 g/mol. The first-order valence-corrected chi connectivity index (χ1v) is 14.2. The van der Waals surface area contributed by atoms with Gasteiger partial charge >= 0.3 is 0 Å². The van der Waals surface area contributed by atoms with Gasteiger partial charge in [-0.25, -0.2) is 0 Å². The van der Waals surface area contributed by atoms with Gasteiger partial charge in [0.15, 0.2) is 0 Å². The van der Waals surface area contributed by atoms with Crippen molar-refractivity contribution in [2.24, 2.45) is 0 Å². The topological polar surface area (TPSA) is 97.9 Å². The first kappa shape index (κ1) is 27.5. The summed E-state index contributed by atoms with van der Waals surface area (Å²) in [4.78, 5) is 41.0. The molecule has 5 rings (SSSR count). The SMILES string of the molecule is Cc1cccc(OCCN2C(=O)S/C(=C\c3cc(C)n(-c4ccc(N5CCCCC5)c([N+](=O)[O-])c4)c3C)C2=O)c1. The second kappa shape index (κ2) is 11.6. The monoisotopic (exact) mass is 560 g/mol. The number of hydrogen-bond acceptors (Lipinski definition) is 7. The molecule has 40 heavy (non-hydrogen) atoms. The van der Waals surface area contributed by atoms with Gasteiger partial charge in [0.05, 0.1) is 22.1 Å². The lowest BCUT2D eigenvalue weighted by Crippen LogP contribution is -2.32. The second-order valence-electron chi connectivity index (χ2n) is 10.1. The van der Waals surface area contributed by atoms with Gasteiger partial charge in [-0.1, -0.05) is 12.1 Å². The zero-order valence-corrected chi connectivity index (χ0v) is 23.7. The maximum absolute atomic E-state index is 13.1. The summed E-state index contributed by atoms with van der Waals surface area (Å²) >= 11 is 0.908. The van der Waals surface area contributed by atoms with Crippen LogP contribution >= 0.6 is 11.8 Å². The maximum Gasteiger partial charge on any atom is 0.294 e. The summed E-state index contributed by atoms with van der Waals surface area (Å²) in [6, 6.07) is 14.9. The van der Waals surface area contributed by atoms with Crippen molar-refractivity contribution < 1.29 is 19.2 Å². The van der Waals surface area contributed by atoms with E-state index in [1.807, 2.05) is 67.8 Å². The van der Waals surface area contributed by atoms with Gasteiger partial charge in [0.2, 0.25) is 0 Å². The van der Waals surface area contributed by atoms with Crippen LogP contribution < -0.4 is 9.64 Å². The lowest BCUT2D eigenvalue weighted by molar-refractivity contribution is -0.384. The molecule has 0 aliphatic carbocycles. The van der Waals surface area contributed by atoms with Gasteiger partial charge in [-0.3, -0.25) is 24.6 Å². The van der Waals surface area contributed by atoms with E-state index in [-0.39, 0.29) is 34.9 Å². The number of rotatable bonds is 8. The average Bonchev–Trinajstić information content (AvgIpc) is 3.37. The van der Waals surface area contributed by atoms with Crippen molar-refractivity contribution in [3.8, 4) is 11.4 Å². The number of hydrogen-bond donors (Lipinski definition) is 0. The Morgan fingerprint density at radius 2 is 1.80 bits per heavy atom. The lowest BCUT2D eigenvalue weighted by Gasteiger charge is -2.28. The third-order valence-electron chi connectivity index (χ3n) is 7.31. The zero-order chi connectivity index (χ0) is 28.4. The van der Waals surface area contributed by atoms with Gasteiger partial charge in [0, 0.05) is 30.5 Å². The highest BCUT2D eigenvalue weighted by atomic mass is 32.2. The van der Waals surface area contributed by atoms with E-state index in [0.29, 0.717) is 22.0 Å². The van der Waals surface area contributed by atoms with Crippen molar-refractivity contribution >= 4 is 40.4 Å². The summed E-state index contributed by atoms with van der Waals surface area (Å²) in [5, 5.41) is 11.7. The van der Waals surface area contributed by atoms with Crippen molar-refractivity contribution in [1.29, 1.82) is 0 Å². The zero-order valence-electron chi connectivity index (χ0n) is 22.9. The number of nitro groups is 1. The first-order chi connectivity index (χ1) is 19.2. The molecule has 3 aromatic rings. The highest BCUT2D eigenvalue weighted by Gasteiger charge is 2.35. The van der Waals surface area contributed by atoms with Gasteiger partial charge in [0.1, 0.15) is 18.0 Å². The molecule has 208 valence electrons. The van der Waals surface area contributed by atoms with Crippen molar-refractivity contribution in [3.05, 3.63) is 86.1 Å². The number of amides is 2. The van der Waals surface area contributed by atoms with Crippen LogP contribution in [0.25, 0.3) is 11.8 Å². The molecule has 2 fully saturated rings. The average molecular weight is 561 g/mol. The predicted octanol–water partition coefficient (Wildman–Crippen LogP) is 6.42. The minimum Gasteiger partial charge on any atom is -0.492 e. The number of nitro benzene ring substituents is 1. The Labute approximate surface area is 237 Å². The number of nitrogens with zero attached hydrogens (tertiary/aromatic N) is 4. The Kier molecular flexibility index (Phi) is 7.97. The van der Waals surface area contributed by atoms with Crippen molar-refractivity contribution in [1.82, 2.24) is 9.47 Å². The molecule has 0 spiro atoms. The van der Waals surface area contributed by atoms with Crippen molar-refractivity contribution in [3.63, 3.8) is 0 Å². The van der Waals surface area contributed by atoms with E-state index in [2.05, 4.69) is 4.90 Å². The molecule has 10 heteroatoms. The summed E-state index contributed by atoms with van der Waals surface area (Å²) in [6.45, 7) is 7.79. The van der Waals surface area contributed by atoms with E-state index in [9.17, 15) is 19.7 Å². The molecule has 2 aromatic carbocycles. The number of aromatic nitrogens is 1. The third kappa shape index (κ3) is 5.62. The molecule has 2 aliphatic rings. The molecule has 2 saturated heterocycles. The van der Waals surface area contributed by atoms with Gasteiger partial charge in [-0.2, -0.15) is 0 Å². The van der Waals surface area contributed by atoms with Crippen LogP contribution in [0.5, 0.6) is 5.75 Å². The van der Waals surface area contributed by atoms with E-state index < -0.39 is 0 Å². The largest absolute Gasteiger partial charge is 0.492 e. The van der Waals surface area contributed by atoms with E-state index >= 15 is 0 Å². The Morgan fingerprint density at radius 3 is 2.52 bits per heavy atom. The molecule has 0 saturated carbocycles. The van der Waals surface area contributed by atoms with Crippen LogP contribution in [0.3, 0.4) is 0 Å². The molecular formula is C30H32N4O5S. The van der Waals surface area contributed by atoms with Crippen LogP contribution in [0.15, 0.2) is 53.4 Å². The van der Waals surface area contributed by atoms with Gasteiger partial charge in [-0.05, 0) is 99.3 Å². The number of thioether (sulfide) groups is 1. The van der Waals surface area contributed by atoms with E-state index in [0.717, 1.165) is 66.6 Å². The number of ether oxygens (including phenoxy) is 1. The number of carbonyl (C=O) groups excluding carboxylic acids is 2. The molecule has 2 aliphatic heterocycles. The fourth-order valence-electron chi connectivity index (χ4n) is 5.32. The van der Waals surface area contributed by atoms with Gasteiger partial charge in [0.25, 0.3) is 16.8 Å². The number of piperidine rings is 1. The predicted molar refractivity (Wildman–Crippen MR) is 157 cm³/mol. The fourth-order valence-corrected chi connectivity index (χ4v) is 6.18. The van der Waals surface area contributed by atoms with Crippen molar-refractivity contribution in [2.45, 2.75) is 40.0 Å². The molecule has 0 radical (unpaired) electrons. The molecule has 0 atom stereocenters. The normalized spacial score (nSPS) is 16.7. The van der Waals surface area contributed by atoms with Gasteiger partial charge < -0.3 is 14.2 Å².